The summed E-state index contributed by atoms with van der Waals surface area (Å²) in [6.07, 6.45) is 3.12. The molecule has 2 aromatic heterocycles. The number of aromatic nitrogens is 4. The molecule has 164 valence electrons. The average molecular weight is 469 g/mol. The van der Waals surface area contributed by atoms with E-state index >= 15 is 0 Å². The lowest BCUT2D eigenvalue weighted by atomic mass is 10.3. The van der Waals surface area contributed by atoms with Crippen LogP contribution in [0.4, 0.5) is 5.69 Å². The highest BCUT2D eigenvalue weighted by Crippen LogP contribution is 2.26. The maximum absolute atomic E-state index is 12.5. The van der Waals surface area contributed by atoms with Gasteiger partial charge in [0.25, 0.3) is 0 Å². The molecule has 32 heavy (non-hydrogen) atoms. The molecule has 0 radical (unpaired) electrons. The summed E-state index contributed by atoms with van der Waals surface area (Å²) in [5.41, 5.74) is 1.93. The van der Waals surface area contributed by atoms with Crippen LogP contribution in [0.15, 0.2) is 77.0 Å². The van der Waals surface area contributed by atoms with Crippen molar-refractivity contribution in [3.63, 3.8) is 0 Å². The Morgan fingerprint density at radius 2 is 1.88 bits per heavy atom. The van der Waals surface area contributed by atoms with Gasteiger partial charge in [0, 0.05) is 19.8 Å². The lowest BCUT2D eigenvalue weighted by Gasteiger charge is -2.12. The Balaban J connectivity index is 1.48. The van der Waals surface area contributed by atoms with Crippen molar-refractivity contribution in [2.75, 3.05) is 25.2 Å². The molecule has 0 saturated carbocycles. The zero-order valence-electron chi connectivity index (χ0n) is 17.3. The van der Waals surface area contributed by atoms with Crippen molar-refractivity contribution in [2.24, 2.45) is 0 Å². The highest BCUT2D eigenvalue weighted by Gasteiger charge is 2.18. The van der Waals surface area contributed by atoms with Gasteiger partial charge in [-0.1, -0.05) is 36.0 Å². The molecule has 0 spiro atoms. The van der Waals surface area contributed by atoms with E-state index in [-0.39, 0.29) is 16.6 Å². The summed E-state index contributed by atoms with van der Waals surface area (Å²) < 4.78 is 27.4. The van der Waals surface area contributed by atoms with E-state index < -0.39 is 10.0 Å². The van der Waals surface area contributed by atoms with Crippen molar-refractivity contribution in [1.29, 1.82) is 0 Å². The number of para-hydroxylation sites is 1. The van der Waals surface area contributed by atoms with Gasteiger partial charge in [-0.15, -0.1) is 0 Å². The van der Waals surface area contributed by atoms with E-state index in [2.05, 4.69) is 20.4 Å². The van der Waals surface area contributed by atoms with Crippen molar-refractivity contribution in [3.8, 4) is 5.69 Å². The normalized spacial score (nSPS) is 11.7. The molecule has 4 aromatic rings. The standard InChI is InChI=1S/C21H20N6O3S2/c1-26(2)32(29,30)17-10-6-7-15(11-17)25-19(28)13-31-21-18-12-24-27(20(18)22-14-23-21)16-8-4-3-5-9-16/h3-12,14H,13H2,1-2H3,(H,25,28). The van der Waals surface area contributed by atoms with Crippen molar-refractivity contribution in [3.05, 3.63) is 67.1 Å². The predicted octanol–water partition coefficient (Wildman–Crippen LogP) is 2.80. The van der Waals surface area contributed by atoms with Crippen LogP contribution in [0.3, 0.4) is 0 Å². The molecular weight excluding hydrogens is 448 g/mol. The highest BCUT2D eigenvalue weighted by molar-refractivity contribution is 8.00. The number of sulfonamides is 1. The van der Waals surface area contributed by atoms with E-state index in [1.807, 2.05) is 30.3 Å². The Labute approximate surface area is 189 Å². The van der Waals surface area contributed by atoms with Gasteiger partial charge in [0.1, 0.15) is 11.4 Å². The van der Waals surface area contributed by atoms with Gasteiger partial charge < -0.3 is 5.32 Å². The van der Waals surface area contributed by atoms with Crippen LogP contribution in [0.1, 0.15) is 0 Å². The summed E-state index contributed by atoms with van der Waals surface area (Å²) in [6, 6.07) is 15.8. The Morgan fingerprint density at radius 1 is 1.09 bits per heavy atom. The van der Waals surface area contributed by atoms with Gasteiger partial charge in [0.15, 0.2) is 5.65 Å². The largest absolute Gasteiger partial charge is 0.325 e. The van der Waals surface area contributed by atoms with E-state index in [9.17, 15) is 13.2 Å². The van der Waals surface area contributed by atoms with Crippen LogP contribution < -0.4 is 5.32 Å². The Bertz CT molecular complexity index is 1370. The number of amides is 1. The zero-order valence-corrected chi connectivity index (χ0v) is 19.0. The Morgan fingerprint density at radius 3 is 2.62 bits per heavy atom. The topological polar surface area (TPSA) is 110 Å². The minimum Gasteiger partial charge on any atom is -0.325 e. The number of hydrogen-bond donors (Lipinski definition) is 1. The van der Waals surface area contributed by atoms with Crippen molar-refractivity contribution in [2.45, 2.75) is 9.92 Å². The SMILES string of the molecule is CN(C)S(=O)(=O)c1cccc(NC(=O)CSc2ncnc3c2cnn3-c2ccccc2)c1. The van der Waals surface area contributed by atoms with Crippen LogP contribution in [-0.2, 0) is 14.8 Å². The van der Waals surface area contributed by atoms with E-state index in [0.29, 0.717) is 16.4 Å². The fourth-order valence-corrected chi connectivity index (χ4v) is 4.68. The molecule has 0 aliphatic rings. The van der Waals surface area contributed by atoms with Gasteiger partial charge in [0.2, 0.25) is 15.9 Å². The molecule has 1 N–H and O–H groups in total. The molecule has 4 rings (SSSR count). The van der Waals surface area contributed by atoms with Crippen LogP contribution in [0.5, 0.6) is 0 Å². The lowest BCUT2D eigenvalue weighted by molar-refractivity contribution is -0.113. The Kier molecular flexibility index (Phi) is 6.21. The number of nitrogens with one attached hydrogen (secondary N) is 1. The number of carbonyl (C=O) groups is 1. The summed E-state index contributed by atoms with van der Waals surface area (Å²) in [5, 5.41) is 8.52. The van der Waals surface area contributed by atoms with Crippen LogP contribution >= 0.6 is 11.8 Å². The molecule has 0 bridgehead atoms. The van der Waals surface area contributed by atoms with E-state index in [4.69, 9.17) is 0 Å². The van der Waals surface area contributed by atoms with E-state index in [0.717, 1.165) is 15.4 Å². The van der Waals surface area contributed by atoms with Gasteiger partial charge in [-0.2, -0.15) is 5.10 Å². The maximum Gasteiger partial charge on any atom is 0.242 e. The first-order chi connectivity index (χ1) is 15.4. The number of hydrogen-bond acceptors (Lipinski definition) is 7. The van der Waals surface area contributed by atoms with Crippen LogP contribution in [-0.4, -0.2) is 58.2 Å². The fourth-order valence-electron chi connectivity index (χ4n) is 2.97. The fraction of sp³-hybridized carbons (Fsp3) is 0.143. The van der Waals surface area contributed by atoms with Crippen LogP contribution in [0.25, 0.3) is 16.7 Å². The minimum absolute atomic E-state index is 0.0906. The van der Waals surface area contributed by atoms with Gasteiger partial charge >= 0.3 is 0 Å². The van der Waals surface area contributed by atoms with Crippen LogP contribution in [0.2, 0.25) is 0 Å². The number of benzene rings is 2. The second-order valence-electron chi connectivity index (χ2n) is 6.96. The number of fused-ring (bicyclic) bond motifs is 1. The monoisotopic (exact) mass is 468 g/mol. The molecule has 0 aliphatic carbocycles. The van der Waals surface area contributed by atoms with E-state index in [1.165, 1.54) is 44.3 Å². The molecular formula is C21H20N6O3S2. The quantitative estimate of drug-likeness (QED) is 0.328. The smallest absolute Gasteiger partial charge is 0.242 e. The molecule has 11 heteroatoms. The lowest BCUT2D eigenvalue weighted by Crippen LogP contribution is -2.22. The third-order valence-corrected chi connectivity index (χ3v) is 7.38. The zero-order chi connectivity index (χ0) is 22.7. The average Bonchev–Trinajstić information content (AvgIpc) is 3.23. The number of carbonyl (C=O) groups excluding carboxylic acids is 1. The van der Waals surface area contributed by atoms with Crippen molar-refractivity contribution < 1.29 is 13.2 Å². The molecule has 1 amide bonds. The van der Waals surface area contributed by atoms with Gasteiger partial charge in [0.05, 0.1) is 27.9 Å². The van der Waals surface area contributed by atoms with Gasteiger partial charge in [-0.25, -0.2) is 27.4 Å². The summed E-state index contributed by atoms with van der Waals surface area (Å²) in [6.45, 7) is 0. The molecule has 0 unspecified atom stereocenters. The van der Waals surface area contributed by atoms with Gasteiger partial charge in [-0.05, 0) is 30.3 Å². The molecule has 0 saturated heterocycles. The second-order valence-corrected chi connectivity index (χ2v) is 10.1. The molecule has 0 fully saturated rings. The predicted molar refractivity (Wildman–Crippen MR) is 123 cm³/mol. The summed E-state index contributed by atoms with van der Waals surface area (Å²) in [4.78, 5) is 21.2. The maximum atomic E-state index is 12.5. The Hall–Kier alpha value is -3.28. The summed E-state index contributed by atoms with van der Waals surface area (Å²) >= 11 is 1.26. The number of nitrogens with zero attached hydrogens (tertiary/aromatic N) is 5. The summed E-state index contributed by atoms with van der Waals surface area (Å²) in [5.74, 6) is -0.190. The first-order valence-electron chi connectivity index (χ1n) is 9.55. The number of anilines is 1. The first-order valence-corrected chi connectivity index (χ1v) is 12.0. The third-order valence-electron chi connectivity index (χ3n) is 4.57. The number of thioether (sulfide) groups is 1. The molecule has 0 atom stereocenters. The number of rotatable bonds is 7. The third kappa shape index (κ3) is 4.49. The molecule has 0 aliphatic heterocycles. The second kappa shape index (κ2) is 9.07. The van der Waals surface area contributed by atoms with Crippen LogP contribution in [0, 0.1) is 0 Å². The first kappa shape index (κ1) is 21.9. The van der Waals surface area contributed by atoms with Gasteiger partial charge in [-0.3, -0.25) is 4.79 Å². The molecule has 9 nitrogen and oxygen atoms in total. The van der Waals surface area contributed by atoms with Crippen molar-refractivity contribution in [1.82, 2.24) is 24.1 Å². The van der Waals surface area contributed by atoms with E-state index in [1.54, 1.807) is 23.0 Å². The summed E-state index contributed by atoms with van der Waals surface area (Å²) in [7, 11) is -0.669. The molecule has 2 heterocycles. The molecule has 2 aromatic carbocycles. The van der Waals surface area contributed by atoms with Crippen molar-refractivity contribution >= 4 is 44.4 Å². The minimum atomic E-state index is -3.58. The highest BCUT2D eigenvalue weighted by atomic mass is 32.2.